The summed E-state index contributed by atoms with van der Waals surface area (Å²) in [6, 6.07) is -0.243. The van der Waals surface area contributed by atoms with E-state index in [1.165, 1.54) is 0 Å². The highest BCUT2D eigenvalue weighted by molar-refractivity contribution is 6.20. The van der Waals surface area contributed by atoms with E-state index < -0.39 is 6.04 Å². The fourth-order valence-corrected chi connectivity index (χ4v) is 1.25. The standard InChI is InChI=1S/C11H19ClN4O2/c1-6(2)5-13-9(17)8(4)14-11-16-15-10(18-11)7(3)12/h6-8H,5H2,1-4H3,(H,13,17)(H,14,16). The van der Waals surface area contributed by atoms with Gasteiger partial charge in [-0.15, -0.1) is 16.7 Å². The molecule has 0 spiro atoms. The smallest absolute Gasteiger partial charge is 0.316 e. The molecule has 0 aliphatic heterocycles. The first-order valence-electron chi connectivity index (χ1n) is 5.92. The summed E-state index contributed by atoms with van der Waals surface area (Å²) in [6.07, 6.45) is 0. The Balaban J connectivity index is 2.47. The van der Waals surface area contributed by atoms with E-state index in [0.29, 0.717) is 18.4 Å². The van der Waals surface area contributed by atoms with Gasteiger partial charge in [-0.25, -0.2) is 0 Å². The zero-order valence-corrected chi connectivity index (χ0v) is 11.8. The van der Waals surface area contributed by atoms with Gasteiger partial charge in [0, 0.05) is 6.54 Å². The van der Waals surface area contributed by atoms with Crippen molar-refractivity contribution in [3.63, 3.8) is 0 Å². The molecule has 0 radical (unpaired) electrons. The van der Waals surface area contributed by atoms with Crippen molar-refractivity contribution in [3.05, 3.63) is 5.89 Å². The van der Waals surface area contributed by atoms with Crippen molar-refractivity contribution in [1.29, 1.82) is 0 Å². The molecule has 1 heterocycles. The summed E-state index contributed by atoms with van der Waals surface area (Å²) in [5.74, 6) is 0.629. The minimum atomic E-state index is -0.442. The van der Waals surface area contributed by atoms with Gasteiger partial charge in [0.15, 0.2) is 0 Å². The highest BCUT2D eigenvalue weighted by atomic mass is 35.5. The molecule has 2 atom stereocenters. The zero-order chi connectivity index (χ0) is 13.7. The second-order valence-corrected chi connectivity index (χ2v) is 5.22. The van der Waals surface area contributed by atoms with Gasteiger partial charge in [-0.2, -0.15) is 0 Å². The molecule has 0 fully saturated rings. The van der Waals surface area contributed by atoms with E-state index in [1.807, 2.05) is 13.8 Å². The zero-order valence-electron chi connectivity index (χ0n) is 11.0. The molecule has 2 N–H and O–H groups in total. The molecular formula is C11H19ClN4O2. The highest BCUT2D eigenvalue weighted by Crippen LogP contribution is 2.19. The number of alkyl halides is 1. The van der Waals surface area contributed by atoms with Crippen LogP contribution in [0.2, 0.25) is 0 Å². The molecule has 0 aliphatic carbocycles. The lowest BCUT2D eigenvalue weighted by Crippen LogP contribution is -2.39. The molecule has 0 bridgehead atoms. The summed E-state index contributed by atoms with van der Waals surface area (Å²) < 4.78 is 5.25. The maximum Gasteiger partial charge on any atom is 0.316 e. The van der Waals surface area contributed by atoms with Crippen LogP contribution in [0.1, 0.15) is 39.0 Å². The Kier molecular flexibility index (Phi) is 5.40. The van der Waals surface area contributed by atoms with Crippen LogP contribution in [0.5, 0.6) is 0 Å². The third-order valence-corrected chi connectivity index (χ3v) is 2.39. The molecule has 18 heavy (non-hydrogen) atoms. The molecular weight excluding hydrogens is 256 g/mol. The molecule has 7 heteroatoms. The van der Waals surface area contributed by atoms with E-state index >= 15 is 0 Å². The average molecular weight is 275 g/mol. The Bertz CT molecular complexity index is 392. The second kappa shape index (κ2) is 6.58. The number of rotatable bonds is 6. The SMILES string of the molecule is CC(C)CNC(=O)C(C)Nc1nnc(C(C)Cl)o1. The number of nitrogens with one attached hydrogen (secondary N) is 2. The van der Waals surface area contributed by atoms with Gasteiger partial charge in [0.25, 0.3) is 0 Å². The van der Waals surface area contributed by atoms with Crippen molar-refractivity contribution in [3.8, 4) is 0 Å². The number of halogens is 1. The number of hydrogen-bond acceptors (Lipinski definition) is 5. The number of carbonyl (C=O) groups is 1. The monoisotopic (exact) mass is 274 g/mol. The van der Waals surface area contributed by atoms with E-state index in [2.05, 4.69) is 20.8 Å². The Morgan fingerprint density at radius 3 is 2.50 bits per heavy atom. The Hall–Kier alpha value is -1.30. The molecule has 6 nitrogen and oxygen atoms in total. The predicted molar refractivity (Wildman–Crippen MR) is 69.5 cm³/mol. The number of carbonyl (C=O) groups excluding carboxylic acids is 1. The Morgan fingerprint density at radius 1 is 1.33 bits per heavy atom. The maximum absolute atomic E-state index is 11.7. The molecule has 0 saturated heterocycles. The molecule has 0 aromatic carbocycles. The summed E-state index contributed by atoms with van der Waals surface area (Å²) in [5.41, 5.74) is 0. The van der Waals surface area contributed by atoms with Crippen LogP contribution in [0.15, 0.2) is 4.42 Å². The van der Waals surface area contributed by atoms with Gasteiger partial charge in [-0.3, -0.25) is 4.79 Å². The third kappa shape index (κ3) is 4.52. The van der Waals surface area contributed by atoms with E-state index in [1.54, 1.807) is 13.8 Å². The molecule has 1 aromatic rings. The van der Waals surface area contributed by atoms with Crippen LogP contribution in [0, 0.1) is 5.92 Å². The molecule has 1 rings (SSSR count). The minimum absolute atomic E-state index is 0.109. The fraction of sp³-hybridized carbons (Fsp3) is 0.727. The predicted octanol–water partition coefficient (Wildman–Crippen LogP) is 1.94. The van der Waals surface area contributed by atoms with E-state index in [-0.39, 0.29) is 17.3 Å². The molecule has 0 saturated carbocycles. The third-order valence-electron chi connectivity index (χ3n) is 2.20. The first-order valence-corrected chi connectivity index (χ1v) is 6.35. The summed E-state index contributed by atoms with van der Waals surface area (Å²) in [4.78, 5) is 11.7. The number of hydrogen-bond donors (Lipinski definition) is 2. The molecule has 1 amide bonds. The first kappa shape index (κ1) is 14.8. The van der Waals surface area contributed by atoms with E-state index in [4.69, 9.17) is 16.0 Å². The second-order valence-electron chi connectivity index (χ2n) is 4.57. The Labute approximate surface area is 111 Å². The van der Waals surface area contributed by atoms with E-state index in [9.17, 15) is 4.79 Å². The minimum Gasteiger partial charge on any atom is -0.406 e. The number of amides is 1. The molecule has 1 aromatic heterocycles. The van der Waals surface area contributed by atoms with Gasteiger partial charge in [0.2, 0.25) is 11.8 Å². The van der Waals surface area contributed by atoms with Gasteiger partial charge in [0.1, 0.15) is 11.4 Å². The summed E-state index contributed by atoms with van der Waals surface area (Å²) >= 11 is 5.80. The summed E-state index contributed by atoms with van der Waals surface area (Å²) in [6.45, 7) is 8.16. The molecule has 102 valence electrons. The van der Waals surface area contributed by atoms with Crippen molar-refractivity contribution in [2.75, 3.05) is 11.9 Å². The van der Waals surface area contributed by atoms with Gasteiger partial charge in [0.05, 0.1) is 0 Å². The fourth-order valence-electron chi connectivity index (χ4n) is 1.16. The lowest BCUT2D eigenvalue weighted by molar-refractivity contribution is -0.121. The molecule has 0 aliphatic rings. The lowest BCUT2D eigenvalue weighted by Gasteiger charge is -2.13. The average Bonchev–Trinajstić information content (AvgIpc) is 2.74. The summed E-state index contributed by atoms with van der Waals surface area (Å²) in [5, 5.41) is 12.8. The van der Waals surface area contributed by atoms with Crippen molar-refractivity contribution < 1.29 is 9.21 Å². The van der Waals surface area contributed by atoms with Crippen LogP contribution in [0.4, 0.5) is 6.01 Å². The normalized spacial score (nSPS) is 14.3. The first-order chi connectivity index (χ1) is 8.40. The maximum atomic E-state index is 11.7. The van der Waals surface area contributed by atoms with E-state index in [0.717, 1.165) is 0 Å². The lowest BCUT2D eigenvalue weighted by atomic mass is 10.2. The van der Waals surface area contributed by atoms with Gasteiger partial charge in [-0.1, -0.05) is 18.9 Å². The van der Waals surface area contributed by atoms with Crippen LogP contribution >= 0.6 is 11.6 Å². The largest absolute Gasteiger partial charge is 0.406 e. The number of anilines is 1. The van der Waals surface area contributed by atoms with Crippen molar-refractivity contribution in [1.82, 2.24) is 15.5 Å². The number of nitrogens with zero attached hydrogens (tertiary/aromatic N) is 2. The van der Waals surface area contributed by atoms with Crippen molar-refractivity contribution in [2.45, 2.75) is 39.1 Å². The quantitative estimate of drug-likeness (QED) is 0.775. The topological polar surface area (TPSA) is 80.0 Å². The van der Waals surface area contributed by atoms with Crippen LogP contribution < -0.4 is 10.6 Å². The van der Waals surface area contributed by atoms with Gasteiger partial charge >= 0.3 is 6.01 Å². The number of aromatic nitrogens is 2. The van der Waals surface area contributed by atoms with Crippen LogP contribution in [-0.4, -0.2) is 28.7 Å². The van der Waals surface area contributed by atoms with Crippen molar-refractivity contribution >= 4 is 23.5 Å². The van der Waals surface area contributed by atoms with Gasteiger partial charge < -0.3 is 15.1 Å². The molecule has 2 unspecified atom stereocenters. The van der Waals surface area contributed by atoms with Crippen molar-refractivity contribution in [2.24, 2.45) is 5.92 Å². The van der Waals surface area contributed by atoms with Crippen LogP contribution in [-0.2, 0) is 4.79 Å². The Morgan fingerprint density at radius 2 is 2.00 bits per heavy atom. The summed E-state index contributed by atoms with van der Waals surface area (Å²) in [7, 11) is 0. The highest BCUT2D eigenvalue weighted by Gasteiger charge is 2.17. The van der Waals surface area contributed by atoms with Crippen LogP contribution in [0.3, 0.4) is 0 Å². The van der Waals surface area contributed by atoms with Gasteiger partial charge in [-0.05, 0) is 19.8 Å². The van der Waals surface area contributed by atoms with Crippen LogP contribution in [0.25, 0.3) is 0 Å².